The Morgan fingerprint density at radius 1 is 1.23 bits per heavy atom. The molecule has 0 spiro atoms. The highest BCUT2D eigenvalue weighted by atomic mass is 32.1. The number of hydrogen-bond acceptors (Lipinski definition) is 6. The van der Waals surface area contributed by atoms with Crippen LogP contribution >= 0.6 is 11.3 Å². The summed E-state index contributed by atoms with van der Waals surface area (Å²) < 4.78 is 10.5. The number of fused-ring (bicyclic) bond motifs is 1. The molecule has 5 nitrogen and oxygen atoms in total. The van der Waals surface area contributed by atoms with Crippen LogP contribution in [0.5, 0.6) is 11.6 Å². The summed E-state index contributed by atoms with van der Waals surface area (Å²) in [5, 5.41) is 0.904. The molecule has 0 radical (unpaired) electrons. The van der Waals surface area contributed by atoms with Crippen molar-refractivity contribution in [2.24, 2.45) is 0 Å². The van der Waals surface area contributed by atoms with Gasteiger partial charge in [0.05, 0.1) is 18.1 Å². The Labute approximate surface area is 131 Å². The number of nitrogens with zero attached hydrogens (tertiary/aromatic N) is 2. The maximum atomic E-state index is 11.4. The summed E-state index contributed by atoms with van der Waals surface area (Å²) in [6.07, 6.45) is 2.45. The number of thiophene rings is 1. The SMILES string of the molecule is CCc1cc2c(Oc3ccc(C(=O)OC)cc3)ncnc2s1. The lowest BCUT2D eigenvalue weighted by molar-refractivity contribution is 0.0600. The van der Waals surface area contributed by atoms with Crippen molar-refractivity contribution >= 4 is 27.5 Å². The fraction of sp³-hybridized carbons (Fsp3) is 0.188. The summed E-state index contributed by atoms with van der Waals surface area (Å²) in [5.41, 5.74) is 0.478. The first-order valence-corrected chi connectivity index (χ1v) is 7.62. The zero-order chi connectivity index (χ0) is 15.5. The second-order valence-electron chi connectivity index (χ2n) is 4.58. The number of methoxy groups -OCH3 is 1. The lowest BCUT2D eigenvalue weighted by atomic mass is 10.2. The van der Waals surface area contributed by atoms with Gasteiger partial charge in [-0.2, -0.15) is 0 Å². The molecule has 0 fully saturated rings. The van der Waals surface area contributed by atoms with Crippen LogP contribution in [0, 0.1) is 0 Å². The highest BCUT2D eigenvalue weighted by Gasteiger charge is 2.11. The van der Waals surface area contributed by atoms with E-state index in [-0.39, 0.29) is 5.97 Å². The molecule has 3 rings (SSSR count). The normalized spacial score (nSPS) is 10.6. The Bertz CT molecular complexity index is 812. The van der Waals surface area contributed by atoms with E-state index in [1.165, 1.54) is 18.3 Å². The van der Waals surface area contributed by atoms with E-state index in [4.69, 9.17) is 4.74 Å². The molecule has 0 aliphatic carbocycles. The molecule has 0 aliphatic heterocycles. The number of aromatic nitrogens is 2. The van der Waals surface area contributed by atoms with Crippen LogP contribution in [0.25, 0.3) is 10.2 Å². The van der Waals surface area contributed by atoms with Crippen LogP contribution < -0.4 is 4.74 Å². The van der Waals surface area contributed by atoms with Gasteiger partial charge in [0.25, 0.3) is 0 Å². The summed E-state index contributed by atoms with van der Waals surface area (Å²) in [6.45, 7) is 2.10. The number of carbonyl (C=O) groups excluding carboxylic acids is 1. The Balaban J connectivity index is 1.89. The van der Waals surface area contributed by atoms with Gasteiger partial charge in [0, 0.05) is 4.88 Å². The first kappa shape index (κ1) is 14.5. The van der Waals surface area contributed by atoms with Gasteiger partial charge in [-0.05, 0) is 36.8 Å². The lowest BCUT2D eigenvalue weighted by Gasteiger charge is -2.06. The minimum atomic E-state index is -0.374. The molecule has 0 saturated carbocycles. The predicted molar refractivity (Wildman–Crippen MR) is 84.6 cm³/mol. The summed E-state index contributed by atoms with van der Waals surface area (Å²) in [6, 6.07) is 8.80. The molecule has 0 amide bonds. The number of hydrogen-bond donors (Lipinski definition) is 0. The molecule has 0 unspecified atom stereocenters. The van der Waals surface area contributed by atoms with Crippen LogP contribution in [0.1, 0.15) is 22.2 Å². The van der Waals surface area contributed by atoms with Crippen molar-refractivity contribution < 1.29 is 14.3 Å². The third kappa shape index (κ3) is 2.78. The van der Waals surface area contributed by atoms with Gasteiger partial charge < -0.3 is 9.47 Å². The predicted octanol–water partition coefficient (Wildman–Crippen LogP) is 3.83. The minimum absolute atomic E-state index is 0.374. The molecule has 3 aromatic rings. The molecular formula is C16H14N2O3S. The van der Waals surface area contributed by atoms with E-state index in [0.717, 1.165) is 16.6 Å². The Kier molecular flexibility index (Phi) is 4.02. The zero-order valence-corrected chi connectivity index (χ0v) is 13.0. The molecule has 0 aliphatic rings. The maximum Gasteiger partial charge on any atom is 0.337 e. The van der Waals surface area contributed by atoms with Gasteiger partial charge in [-0.1, -0.05) is 6.92 Å². The largest absolute Gasteiger partial charge is 0.465 e. The van der Waals surface area contributed by atoms with Crippen LogP contribution in [-0.2, 0) is 11.2 Å². The van der Waals surface area contributed by atoms with E-state index >= 15 is 0 Å². The van der Waals surface area contributed by atoms with Crippen molar-refractivity contribution in [3.63, 3.8) is 0 Å². The van der Waals surface area contributed by atoms with E-state index in [1.807, 2.05) is 0 Å². The number of ether oxygens (including phenoxy) is 2. The molecule has 0 atom stereocenters. The van der Waals surface area contributed by atoms with Crippen molar-refractivity contribution in [2.45, 2.75) is 13.3 Å². The monoisotopic (exact) mass is 314 g/mol. The van der Waals surface area contributed by atoms with Crippen LogP contribution in [-0.4, -0.2) is 23.0 Å². The number of carbonyl (C=O) groups is 1. The van der Waals surface area contributed by atoms with Gasteiger partial charge in [0.15, 0.2) is 0 Å². The topological polar surface area (TPSA) is 61.3 Å². The van der Waals surface area contributed by atoms with Gasteiger partial charge in [-0.15, -0.1) is 11.3 Å². The fourth-order valence-electron chi connectivity index (χ4n) is 2.03. The summed E-state index contributed by atoms with van der Waals surface area (Å²) >= 11 is 1.64. The quantitative estimate of drug-likeness (QED) is 0.685. The highest BCUT2D eigenvalue weighted by molar-refractivity contribution is 7.18. The van der Waals surface area contributed by atoms with E-state index in [0.29, 0.717) is 17.2 Å². The van der Waals surface area contributed by atoms with E-state index in [9.17, 15) is 4.79 Å². The molecule has 0 bridgehead atoms. The first-order chi connectivity index (χ1) is 10.7. The van der Waals surface area contributed by atoms with Gasteiger partial charge in [0.1, 0.15) is 16.9 Å². The van der Waals surface area contributed by atoms with Crippen LogP contribution in [0.2, 0.25) is 0 Å². The third-order valence-electron chi connectivity index (χ3n) is 3.18. The second-order valence-corrected chi connectivity index (χ2v) is 5.70. The molecule has 2 aromatic heterocycles. The Morgan fingerprint density at radius 2 is 2.00 bits per heavy atom. The smallest absolute Gasteiger partial charge is 0.337 e. The average Bonchev–Trinajstić information content (AvgIpc) is 2.99. The number of benzene rings is 1. The standard InChI is InChI=1S/C16H14N2O3S/c1-3-12-8-13-14(17-9-18-15(13)22-12)21-11-6-4-10(5-7-11)16(19)20-2/h4-9H,3H2,1-2H3. The Hall–Kier alpha value is -2.47. The van der Waals surface area contributed by atoms with Crippen molar-refractivity contribution in [3.05, 3.63) is 47.1 Å². The van der Waals surface area contributed by atoms with Crippen molar-refractivity contribution in [1.29, 1.82) is 0 Å². The lowest BCUT2D eigenvalue weighted by Crippen LogP contribution is -2.00. The van der Waals surface area contributed by atoms with Gasteiger partial charge in [-0.25, -0.2) is 14.8 Å². The van der Waals surface area contributed by atoms with Gasteiger partial charge in [-0.3, -0.25) is 0 Å². The van der Waals surface area contributed by atoms with Gasteiger partial charge >= 0.3 is 5.97 Å². The summed E-state index contributed by atoms with van der Waals surface area (Å²) in [5.74, 6) is 0.755. The van der Waals surface area contributed by atoms with E-state index in [2.05, 4.69) is 27.7 Å². The van der Waals surface area contributed by atoms with E-state index in [1.54, 1.807) is 35.6 Å². The number of rotatable bonds is 4. The summed E-state index contributed by atoms with van der Waals surface area (Å²) in [4.78, 5) is 22.0. The molecule has 1 aromatic carbocycles. The number of esters is 1. The van der Waals surface area contributed by atoms with Crippen LogP contribution in [0.3, 0.4) is 0 Å². The minimum Gasteiger partial charge on any atom is -0.465 e. The number of aryl methyl sites for hydroxylation is 1. The van der Waals surface area contributed by atoms with Crippen molar-refractivity contribution in [2.75, 3.05) is 7.11 Å². The summed E-state index contributed by atoms with van der Waals surface area (Å²) in [7, 11) is 1.35. The first-order valence-electron chi connectivity index (χ1n) is 6.81. The molecule has 0 N–H and O–H groups in total. The Morgan fingerprint density at radius 3 is 2.68 bits per heavy atom. The van der Waals surface area contributed by atoms with Crippen LogP contribution in [0.4, 0.5) is 0 Å². The third-order valence-corrected chi connectivity index (χ3v) is 4.37. The van der Waals surface area contributed by atoms with Crippen molar-refractivity contribution in [3.8, 4) is 11.6 Å². The van der Waals surface area contributed by atoms with Crippen molar-refractivity contribution in [1.82, 2.24) is 9.97 Å². The molecular weight excluding hydrogens is 300 g/mol. The zero-order valence-electron chi connectivity index (χ0n) is 12.2. The average molecular weight is 314 g/mol. The maximum absolute atomic E-state index is 11.4. The molecule has 22 heavy (non-hydrogen) atoms. The molecule has 0 saturated heterocycles. The van der Waals surface area contributed by atoms with Crippen LogP contribution in [0.15, 0.2) is 36.7 Å². The van der Waals surface area contributed by atoms with E-state index < -0.39 is 0 Å². The van der Waals surface area contributed by atoms with Gasteiger partial charge in [0.2, 0.25) is 5.88 Å². The fourth-order valence-corrected chi connectivity index (χ4v) is 2.95. The molecule has 112 valence electrons. The molecule has 2 heterocycles. The molecule has 6 heteroatoms. The second kappa shape index (κ2) is 6.11. The highest BCUT2D eigenvalue weighted by Crippen LogP contribution is 2.32.